The van der Waals surface area contributed by atoms with E-state index in [0.29, 0.717) is 42.7 Å². The molecule has 1 saturated heterocycles. The Morgan fingerprint density at radius 1 is 1.26 bits per heavy atom. The summed E-state index contributed by atoms with van der Waals surface area (Å²) >= 11 is 6.12. The second-order valence-corrected chi connectivity index (χ2v) is 8.47. The van der Waals surface area contributed by atoms with Crippen LogP contribution in [-0.4, -0.2) is 53.2 Å². The Balaban J connectivity index is 1.40. The minimum absolute atomic E-state index is 0.142. The third kappa shape index (κ3) is 5.69. The van der Waals surface area contributed by atoms with E-state index in [1.807, 2.05) is 6.07 Å². The normalized spacial score (nSPS) is 16.0. The summed E-state index contributed by atoms with van der Waals surface area (Å²) in [6.45, 7) is 1.64. The van der Waals surface area contributed by atoms with Crippen molar-refractivity contribution in [2.75, 3.05) is 32.6 Å². The summed E-state index contributed by atoms with van der Waals surface area (Å²) in [4.78, 5) is 29.9. The van der Waals surface area contributed by atoms with Crippen molar-refractivity contribution >= 4 is 28.9 Å². The van der Waals surface area contributed by atoms with Gasteiger partial charge in [-0.3, -0.25) is 19.8 Å². The summed E-state index contributed by atoms with van der Waals surface area (Å²) in [5.41, 5.74) is 0.804. The Labute approximate surface area is 206 Å². The van der Waals surface area contributed by atoms with Crippen LogP contribution in [0.4, 0.5) is 11.4 Å². The molecule has 1 fully saturated rings. The molecule has 35 heavy (non-hydrogen) atoms. The van der Waals surface area contributed by atoms with Gasteiger partial charge in [0.25, 0.3) is 5.69 Å². The van der Waals surface area contributed by atoms with Crippen molar-refractivity contribution in [2.45, 2.75) is 19.4 Å². The number of amides is 1. The predicted molar refractivity (Wildman–Crippen MR) is 128 cm³/mol. The number of ether oxygens (including phenoxy) is 2. The van der Waals surface area contributed by atoms with Crippen LogP contribution in [0.25, 0.3) is 11.4 Å². The molecule has 1 amide bonds. The van der Waals surface area contributed by atoms with Gasteiger partial charge in [0, 0.05) is 24.2 Å². The van der Waals surface area contributed by atoms with Crippen LogP contribution in [0.3, 0.4) is 0 Å². The molecule has 1 aliphatic heterocycles. The molecule has 4 rings (SSSR count). The number of carbonyl (C=O) groups is 1. The fraction of sp³-hybridized carbons (Fsp3) is 0.348. The van der Waals surface area contributed by atoms with Crippen LogP contribution < -0.4 is 14.8 Å². The number of hydrogen-bond acceptors (Lipinski definition) is 9. The largest absolute Gasteiger partial charge is 0.493 e. The quantitative estimate of drug-likeness (QED) is 0.356. The first kappa shape index (κ1) is 24.4. The lowest BCUT2D eigenvalue weighted by Gasteiger charge is -2.30. The van der Waals surface area contributed by atoms with Gasteiger partial charge in [-0.05, 0) is 43.7 Å². The predicted octanol–water partition coefficient (Wildman–Crippen LogP) is 4.17. The van der Waals surface area contributed by atoms with Crippen molar-refractivity contribution < 1.29 is 23.7 Å². The van der Waals surface area contributed by atoms with Gasteiger partial charge in [-0.25, -0.2) is 0 Å². The number of nitro groups is 1. The topological polar surface area (TPSA) is 133 Å². The van der Waals surface area contributed by atoms with E-state index in [0.717, 1.165) is 18.5 Å². The first-order valence-corrected chi connectivity index (χ1v) is 11.3. The van der Waals surface area contributed by atoms with E-state index >= 15 is 0 Å². The highest BCUT2D eigenvalue weighted by atomic mass is 35.5. The minimum Gasteiger partial charge on any atom is -0.493 e. The number of piperidine rings is 1. The number of aromatic nitrogens is 2. The van der Waals surface area contributed by atoms with Gasteiger partial charge in [0.1, 0.15) is 0 Å². The Morgan fingerprint density at radius 2 is 2.06 bits per heavy atom. The highest BCUT2D eigenvalue weighted by Crippen LogP contribution is 2.32. The van der Waals surface area contributed by atoms with Crippen molar-refractivity contribution in [1.29, 1.82) is 0 Å². The van der Waals surface area contributed by atoms with Crippen molar-refractivity contribution in [2.24, 2.45) is 5.92 Å². The fourth-order valence-corrected chi connectivity index (χ4v) is 4.14. The number of nitrogens with zero attached hydrogens (tertiary/aromatic N) is 4. The van der Waals surface area contributed by atoms with Crippen LogP contribution in [-0.2, 0) is 11.3 Å². The Bertz CT molecular complexity index is 1230. The van der Waals surface area contributed by atoms with Crippen LogP contribution in [0, 0.1) is 16.0 Å². The SMILES string of the molecule is COc1ccc(-c2noc(CN3CCCC(C(=O)Nc4cc([N+](=O)[O-])ccc4Cl)C3)n2)cc1OC. The number of benzene rings is 2. The number of methoxy groups -OCH3 is 2. The molecule has 0 radical (unpaired) electrons. The van der Waals surface area contributed by atoms with Crippen LogP contribution in [0.15, 0.2) is 40.9 Å². The minimum atomic E-state index is -0.533. The lowest BCUT2D eigenvalue weighted by atomic mass is 9.97. The van der Waals surface area contributed by atoms with Gasteiger partial charge >= 0.3 is 0 Å². The lowest BCUT2D eigenvalue weighted by Crippen LogP contribution is -2.40. The van der Waals surface area contributed by atoms with Crippen LogP contribution in [0.5, 0.6) is 11.5 Å². The van der Waals surface area contributed by atoms with Crippen molar-refractivity contribution in [3.8, 4) is 22.9 Å². The zero-order valence-electron chi connectivity index (χ0n) is 19.2. The number of rotatable bonds is 8. The molecular weight excluding hydrogens is 478 g/mol. The van der Waals surface area contributed by atoms with Crippen molar-refractivity contribution in [1.82, 2.24) is 15.0 Å². The van der Waals surface area contributed by atoms with Crippen molar-refractivity contribution in [3.63, 3.8) is 0 Å². The summed E-state index contributed by atoms with van der Waals surface area (Å²) < 4.78 is 16.0. The van der Waals surface area contributed by atoms with E-state index in [2.05, 4.69) is 20.4 Å². The first-order chi connectivity index (χ1) is 16.9. The zero-order chi connectivity index (χ0) is 24.9. The molecule has 3 aromatic rings. The van der Waals surface area contributed by atoms with Crippen LogP contribution >= 0.6 is 11.6 Å². The maximum absolute atomic E-state index is 12.9. The summed E-state index contributed by atoms with van der Waals surface area (Å²) in [6.07, 6.45) is 1.49. The molecule has 1 N–H and O–H groups in total. The molecule has 0 spiro atoms. The molecule has 1 aliphatic rings. The van der Waals surface area contributed by atoms with Gasteiger partial charge in [0.05, 0.1) is 42.3 Å². The van der Waals surface area contributed by atoms with Gasteiger partial charge < -0.3 is 19.3 Å². The number of non-ortho nitro benzene ring substituents is 1. The van der Waals surface area contributed by atoms with Gasteiger partial charge in [0.2, 0.25) is 17.6 Å². The average Bonchev–Trinajstić information content (AvgIpc) is 3.33. The highest BCUT2D eigenvalue weighted by Gasteiger charge is 2.28. The number of carbonyl (C=O) groups excluding carboxylic acids is 1. The number of hydrogen-bond donors (Lipinski definition) is 1. The summed E-state index contributed by atoms with van der Waals surface area (Å²) in [5, 5.41) is 18.1. The van der Waals surface area contributed by atoms with Gasteiger partial charge in [0.15, 0.2) is 11.5 Å². The van der Waals surface area contributed by atoms with E-state index in [-0.39, 0.29) is 28.2 Å². The molecule has 0 aliphatic carbocycles. The molecule has 0 saturated carbocycles. The Morgan fingerprint density at radius 3 is 2.80 bits per heavy atom. The molecule has 12 heteroatoms. The number of nitrogens with one attached hydrogen (secondary N) is 1. The van der Waals surface area contributed by atoms with E-state index < -0.39 is 4.92 Å². The van der Waals surface area contributed by atoms with Gasteiger partial charge in [-0.2, -0.15) is 4.98 Å². The smallest absolute Gasteiger partial charge is 0.271 e. The third-order valence-corrected chi connectivity index (χ3v) is 6.09. The fourth-order valence-electron chi connectivity index (χ4n) is 3.97. The molecule has 0 bridgehead atoms. The van der Waals surface area contributed by atoms with Gasteiger partial charge in [-0.1, -0.05) is 16.8 Å². The average molecular weight is 502 g/mol. The zero-order valence-corrected chi connectivity index (χ0v) is 19.9. The molecule has 2 aromatic carbocycles. The van der Waals surface area contributed by atoms with Gasteiger partial charge in [-0.15, -0.1) is 0 Å². The van der Waals surface area contributed by atoms with E-state index in [9.17, 15) is 14.9 Å². The Kier molecular flexibility index (Phi) is 7.47. The first-order valence-electron chi connectivity index (χ1n) is 10.9. The lowest BCUT2D eigenvalue weighted by molar-refractivity contribution is -0.384. The summed E-state index contributed by atoms with van der Waals surface area (Å²) in [6, 6.07) is 9.31. The van der Waals surface area contributed by atoms with Crippen molar-refractivity contribution in [3.05, 3.63) is 57.4 Å². The molecule has 2 heterocycles. The molecule has 11 nitrogen and oxygen atoms in total. The number of likely N-dealkylation sites (tertiary alicyclic amines) is 1. The summed E-state index contributed by atoms with van der Waals surface area (Å²) in [5.74, 6) is 1.46. The second kappa shape index (κ2) is 10.7. The molecule has 184 valence electrons. The van der Waals surface area contributed by atoms with Crippen LogP contribution in [0.2, 0.25) is 5.02 Å². The Hall–Kier alpha value is -3.70. The maximum atomic E-state index is 12.9. The van der Waals surface area contributed by atoms with E-state index in [1.165, 1.54) is 18.2 Å². The second-order valence-electron chi connectivity index (χ2n) is 8.07. The standard InChI is InChI=1S/C23H24ClN5O6/c1-33-19-8-5-14(10-20(19)34-2)22-26-21(35-27-22)13-28-9-3-4-15(12-28)23(30)25-18-11-16(29(31)32)6-7-17(18)24/h5-8,10-11,15H,3-4,9,12-13H2,1-2H3,(H,25,30). The molecule has 1 aromatic heterocycles. The summed E-state index contributed by atoms with van der Waals surface area (Å²) in [7, 11) is 3.12. The maximum Gasteiger partial charge on any atom is 0.271 e. The molecule has 1 unspecified atom stereocenters. The highest BCUT2D eigenvalue weighted by molar-refractivity contribution is 6.33. The number of halogens is 1. The number of nitro benzene ring substituents is 1. The monoisotopic (exact) mass is 501 g/mol. The third-order valence-electron chi connectivity index (χ3n) is 5.76. The molecular formula is C23H24ClN5O6. The number of anilines is 1. The van der Waals surface area contributed by atoms with Crippen LogP contribution in [0.1, 0.15) is 18.7 Å². The molecule has 1 atom stereocenters. The van der Waals surface area contributed by atoms with E-state index in [1.54, 1.807) is 26.4 Å². The van der Waals surface area contributed by atoms with E-state index in [4.69, 9.17) is 25.6 Å².